The van der Waals surface area contributed by atoms with Gasteiger partial charge in [-0.2, -0.15) is 0 Å². The molecule has 0 saturated carbocycles. The summed E-state index contributed by atoms with van der Waals surface area (Å²) in [5, 5.41) is 0. The molecule has 0 amide bonds. The van der Waals surface area contributed by atoms with Crippen LogP contribution in [-0.4, -0.2) is 239 Å². The van der Waals surface area contributed by atoms with Crippen LogP contribution >= 0.6 is 0 Å². The molecule has 0 rings (SSSR count). The Kier molecular flexibility index (Phi) is 554. The molecule has 40 valence electrons. The molecule has 0 unspecified atom stereocenters. The van der Waals surface area contributed by atoms with Gasteiger partial charge in [0.15, 0.2) is 0 Å². The van der Waals surface area contributed by atoms with Crippen LogP contribution in [0.25, 0.3) is 0 Å². The van der Waals surface area contributed by atoms with Crippen molar-refractivity contribution < 1.29 is 0 Å². The topological polar surface area (TPSA) is 0 Å². The number of hydrogen-bond acceptors (Lipinski definition) is 0. The van der Waals surface area contributed by atoms with E-state index in [-0.39, 0.29) is 239 Å². The number of hydrogen-bond donors (Lipinski definition) is 0. The molecule has 0 nitrogen and oxygen atoms in total. The molecule has 10 heavy (non-hydrogen) atoms. The summed E-state index contributed by atoms with van der Waals surface area (Å²) in [4.78, 5) is 0. The molecule has 0 aliphatic carbocycles. The average molecular weight is 1190 g/mol. The maximum absolute atomic E-state index is 0. The van der Waals surface area contributed by atoms with Gasteiger partial charge in [0.05, 0.1) is 0 Å². The van der Waals surface area contributed by atoms with Crippen LogP contribution in [0.15, 0.2) is 0 Å². The normalized spacial score (nSPS) is 0. The van der Waals surface area contributed by atoms with Gasteiger partial charge in [0.25, 0.3) is 0 Å². The van der Waals surface area contributed by atoms with Crippen LogP contribution in [-0.2, 0) is 0 Å². The van der Waals surface area contributed by atoms with E-state index in [0.717, 1.165) is 0 Å². The van der Waals surface area contributed by atoms with E-state index in [2.05, 4.69) is 0 Å². The molecule has 0 aromatic rings. The van der Waals surface area contributed by atoms with Gasteiger partial charge >= 0.3 is 0 Å². The van der Waals surface area contributed by atoms with Crippen molar-refractivity contribution in [3.63, 3.8) is 0 Å². The molecule has 0 aliphatic rings. The van der Waals surface area contributed by atoms with Crippen LogP contribution in [0.2, 0.25) is 0 Å². The van der Waals surface area contributed by atoms with Crippen molar-refractivity contribution in [1.82, 2.24) is 0 Å². The molecular formula is Sn10. The molecule has 0 bridgehead atoms. The smallest absolute Gasteiger partial charge is 0 e. The van der Waals surface area contributed by atoms with E-state index >= 15 is 0 Å². The molecule has 0 fully saturated rings. The van der Waals surface area contributed by atoms with E-state index in [1.165, 1.54) is 0 Å². The molecule has 0 spiro atoms. The van der Waals surface area contributed by atoms with Crippen molar-refractivity contribution in [1.29, 1.82) is 0 Å². The summed E-state index contributed by atoms with van der Waals surface area (Å²) in [5.74, 6) is 0. The predicted octanol–water partition coefficient (Wildman–Crippen LogP) is -3.81. The van der Waals surface area contributed by atoms with Crippen LogP contribution in [0, 0.1) is 0 Å². The van der Waals surface area contributed by atoms with Crippen molar-refractivity contribution in [2.45, 2.75) is 0 Å². The first-order chi connectivity index (χ1) is 0. The van der Waals surface area contributed by atoms with Gasteiger partial charge < -0.3 is 0 Å². The van der Waals surface area contributed by atoms with E-state index < -0.39 is 0 Å². The standard InChI is InChI=1S/10Sn. The molecule has 0 saturated heterocycles. The average Bonchev–Trinajstić information content (AvgIpc) is 0. The summed E-state index contributed by atoms with van der Waals surface area (Å²) in [7, 11) is 0. The third kappa shape index (κ3) is 56.3. The molecule has 0 aromatic carbocycles. The van der Waals surface area contributed by atoms with Gasteiger partial charge in [0.2, 0.25) is 0 Å². The maximum Gasteiger partial charge on any atom is 0 e. The van der Waals surface area contributed by atoms with Crippen molar-refractivity contribution in [2.24, 2.45) is 0 Å². The van der Waals surface area contributed by atoms with Crippen LogP contribution in [0.1, 0.15) is 0 Å². The SMILES string of the molecule is [Sn].[Sn].[Sn].[Sn].[Sn].[Sn].[Sn].[Sn].[Sn].[Sn]. The van der Waals surface area contributed by atoms with Crippen molar-refractivity contribution >= 4 is 239 Å². The number of rotatable bonds is 0. The first kappa shape index (κ1) is 81.4. The fraction of sp³-hybridized carbons (Fsp3) is 0. The zero-order chi connectivity index (χ0) is 0. The molecule has 0 atom stereocenters. The third-order valence-electron chi connectivity index (χ3n) is 0. The quantitative estimate of drug-likeness (QED) is 0.219. The summed E-state index contributed by atoms with van der Waals surface area (Å²) >= 11 is 0. The maximum atomic E-state index is 0. The zero-order valence-corrected chi connectivity index (χ0v) is 33.5. The Labute approximate surface area is 232 Å². The summed E-state index contributed by atoms with van der Waals surface area (Å²) in [6.07, 6.45) is 0. The van der Waals surface area contributed by atoms with Crippen LogP contribution < -0.4 is 0 Å². The minimum Gasteiger partial charge on any atom is 0 e. The van der Waals surface area contributed by atoms with Gasteiger partial charge in [-0.1, -0.05) is 0 Å². The molecule has 40 radical (unpaired) electrons. The molecule has 10 heteroatoms. The second-order valence-electron chi connectivity index (χ2n) is 0. The predicted molar refractivity (Wildman–Crippen MR) is 57.5 cm³/mol. The summed E-state index contributed by atoms with van der Waals surface area (Å²) in [6.45, 7) is 0. The fourth-order valence-corrected chi connectivity index (χ4v) is 0. The van der Waals surface area contributed by atoms with Gasteiger partial charge in [-0.3, -0.25) is 0 Å². The van der Waals surface area contributed by atoms with Crippen molar-refractivity contribution in [3.05, 3.63) is 0 Å². The Balaban J connectivity index is 0. The first-order valence-electron chi connectivity index (χ1n) is 0. The van der Waals surface area contributed by atoms with Gasteiger partial charge in [0.1, 0.15) is 0 Å². The van der Waals surface area contributed by atoms with Crippen LogP contribution in [0.4, 0.5) is 0 Å². The summed E-state index contributed by atoms with van der Waals surface area (Å²) < 4.78 is 0. The summed E-state index contributed by atoms with van der Waals surface area (Å²) in [6, 6.07) is 0. The van der Waals surface area contributed by atoms with E-state index in [9.17, 15) is 0 Å². The third-order valence-corrected chi connectivity index (χ3v) is 0. The molecular weight excluding hydrogens is 1190 g/mol. The van der Waals surface area contributed by atoms with Crippen molar-refractivity contribution in [3.8, 4) is 0 Å². The van der Waals surface area contributed by atoms with Crippen LogP contribution in [0.3, 0.4) is 0 Å². The molecule has 0 N–H and O–H groups in total. The summed E-state index contributed by atoms with van der Waals surface area (Å²) in [5.41, 5.74) is 0. The second-order valence-corrected chi connectivity index (χ2v) is 0. The van der Waals surface area contributed by atoms with Gasteiger partial charge in [0, 0.05) is 239 Å². The van der Waals surface area contributed by atoms with Gasteiger partial charge in [-0.25, -0.2) is 0 Å². The first-order valence-corrected chi connectivity index (χ1v) is 0. The largest absolute Gasteiger partial charge is 0 e. The zero-order valence-electron chi connectivity index (χ0n) is 5.00. The Hall–Kier alpha value is 7.99. The monoisotopic (exact) mass is 1200 g/mol. The minimum absolute atomic E-state index is 0. The minimum atomic E-state index is 0. The second kappa shape index (κ2) is 68.1. The Bertz CT molecular complexity index is 0. The molecule has 0 heterocycles. The van der Waals surface area contributed by atoms with Crippen LogP contribution in [0.5, 0.6) is 0 Å². The van der Waals surface area contributed by atoms with E-state index in [1.807, 2.05) is 0 Å². The Morgan fingerprint density at radius 1 is 0.100 bits per heavy atom. The Morgan fingerprint density at radius 2 is 0.100 bits per heavy atom. The van der Waals surface area contributed by atoms with Gasteiger partial charge in [-0.05, 0) is 0 Å². The van der Waals surface area contributed by atoms with E-state index in [0.29, 0.717) is 0 Å². The van der Waals surface area contributed by atoms with E-state index in [4.69, 9.17) is 0 Å². The van der Waals surface area contributed by atoms with Crippen molar-refractivity contribution in [2.75, 3.05) is 0 Å². The Morgan fingerprint density at radius 3 is 0.100 bits per heavy atom. The fourth-order valence-electron chi connectivity index (χ4n) is 0. The van der Waals surface area contributed by atoms with E-state index in [1.54, 1.807) is 0 Å². The molecule has 0 aliphatic heterocycles. The molecule has 0 aromatic heterocycles. The van der Waals surface area contributed by atoms with Gasteiger partial charge in [-0.15, -0.1) is 0 Å².